The Kier molecular flexibility index (Phi) is 5.92. The van der Waals surface area contributed by atoms with Crippen LogP contribution in [0.15, 0.2) is 59.7 Å². The van der Waals surface area contributed by atoms with Crippen molar-refractivity contribution in [3.8, 4) is 11.8 Å². The normalized spacial score (nSPS) is 11.2. The summed E-state index contributed by atoms with van der Waals surface area (Å²) in [5.41, 5.74) is 7.86. The van der Waals surface area contributed by atoms with E-state index in [9.17, 15) is 8.78 Å². The Morgan fingerprint density at radius 3 is 2.78 bits per heavy atom. The van der Waals surface area contributed by atoms with Crippen LogP contribution in [-0.2, 0) is 0 Å². The average molecular weight is 321 g/mol. The molecule has 0 amide bonds. The van der Waals surface area contributed by atoms with Gasteiger partial charge < -0.3 is 14.8 Å². The molecule has 9 heteroatoms. The number of hydrogen-bond donors (Lipinski definition) is 2. The first-order valence-corrected chi connectivity index (χ1v) is 6.45. The van der Waals surface area contributed by atoms with Crippen LogP contribution in [0.5, 0.6) is 11.8 Å². The van der Waals surface area contributed by atoms with Crippen LogP contribution in [-0.4, -0.2) is 23.2 Å². The van der Waals surface area contributed by atoms with Gasteiger partial charge >= 0.3 is 12.6 Å². The van der Waals surface area contributed by atoms with Crippen LogP contribution in [0, 0.1) is 5.53 Å². The number of ether oxygens (including phenoxy) is 2. The summed E-state index contributed by atoms with van der Waals surface area (Å²) in [7, 11) is 0. The van der Waals surface area contributed by atoms with Crippen molar-refractivity contribution in [2.24, 2.45) is 5.11 Å². The van der Waals surface area contributed by atoms with Crippen molar-refractivity contribution in [2.75, 3.05) is 11.9 Å². The third kappa shape index (κ3) is 5.65. The summed E-state index contributed by atoms with van der Waals surface area (Å²) in [6.07, 6.45) is 4.46. The molecule has 120 valence electrons. The number of halogens is 2. The monoisotopic (exact) mass is 321 g/mol. The zero-order chi connectivity index (χ0) is 16.5. The first kappa shape index (κ1) is 16.3. The van der Waals surface area contributed by atoms with Crippen LogP contribution in [0.4, 0.5) is 14.5 Å². The van der Waals surface area contributed by atoms with E-state index in [4.69, 9.17) is 10.3 Å². The van der Waals surface area contributed by atoms with Crippen molar-refractivity contribution in [3.05, 3.63) is 54.6 Å². The van der Waals surface area contributed by atoms with Crippen LogP contribution in [0.3, 0.4) is 0 Å². The van der Waals surface area contributed by atoms with Gasteiger partial charge in [-0.1, -0.05) is 6.07 Å². The molecule has 0 bridgehead atoms. The van der Waals surface area contributed by atoms with Gasteiger partial charge in [-0.25, -0.2) is 15.5 Å². The van der Waals surface area contributed by atoms with E-state index in [2.05, 4.69) is 25.1 Å². The lowest BCUT2D eigenvalue weighted by molar-refractivity contribution is -0.0498. The van der Waals surface area contributed by atoms with Gasteiger partial charge in [0.25, 0.3) is 0 Å². The van der Waals surface area contributed by atoms with Crippen LogP contribution in [0.2, 0.25) is 0 Å². The molecule has 7 nitrogen and oxygen atoms in total. The van der Waals surface area contributed by atoms with Crippen molar-refractivity contribution >= 4 is 5.69 Å². The highest BCUT2D eigenvalue weighted by Crippen LogP contribution is 2.19. The minimum absolute atomic E-state index is 0.0201. The van der Waals surface area contributed by atoms with Gasteiger partial charge in [0, 0.05) is 30.3 Å². The van der Waals surface area contributed by atoms with Crippen molar-refractivity contribution < 1.29 is 18.3 Å². The molecule has 0 radical (unpaired) electrons. The molecule has 0 aliphatic rings. The van der Waals surface area contributed by atoms with Gasteiger partial charge in [-0.2, -0.15) is 13.9 Å². The van der Waals surface area contributed by atoms with Crippen molar-refractivity contribution in [1.82, 2.24) is 9.97 Å². The first-order chi connectivity index (χ1) is 11.2. The summed E-state index contributed by atoms with van der Waals surface area (Å²) in [5, 5.41) is 6.13. The Morgan fingerprint density at radius 2 is 2.09 bits per heavy atom. The van der Waals surface area contributed by atoms with Gasteiger partial charge in [-0.05, 0) is 18.2 Å². The summed E-state index contributed by atoms with van der Waals surface area (Å²) in [4.78, 5) is 7.74. The second-order valence-electron chi connectivity index (χ2n) is 4.12. The highest BCUT2D eigenvalue weighted by molar-refractivity contribution is 5.50. The van der Waals surface area contributed by atoms with Crippen molar-refractivity contribution in [3.63, 3.8) is 0 Å². The van der Waals surface area contributed by atoms with E-state index < -0.39 is 6.61 Å². The number of benzene rings is 1. The van der Waals surface area contributed by atoms with Gasteiger partial charge in [0.15, 0.2) is 0 Å². The fourth-order valence-corrected chi connectivity index (χ4v) is 1.53. The fourth-order valence-electron chi connectivity index (χ4n) is 1.53. The Labute approximate surface area is 130 Å². The molecule has 2 N–H and O–H groups in total. The Morgan fingerprint density at radius 1 is 1.30 bits per heavy atom. The van der Waals surface area contributed by atoms with E-state index in [0.717, 1.165) is 0 Å². The molecule has 0 unspecified atom stereocenters. The second kappa shape index (κ2) is 8.37. The van der Waals surface area contributed by atoms with Crippen molar-refractivity contribution in [1.29, 1.82) is 5.53 Å². The maximum absolute atomic E-state index is 12.2. The number of aromatic nitrogens is 2. The number of anilines is 1. The molecule has 0 aliphatic carbocycles. The number of alkyl halides is 2. The van der Waals surface area contributed by atoms with E-state index in [1.807, 2.05) is 0 Å². The largest absolute Gasteiger partial charge is 0.457 e. The maximum Gasteiger partial charge on any atom is 0.387 e. The van der Waals surface area contributed by atoms with Gasteiger partial charge in [0.05, 0.1) is 0 Å². The highest BCUT2D eigenvalue weighted by Gasteiger charge is 2.04. The second-order valence-corrected chi connectivity index (χ2v) is 4.12. The smallest absolute Gasteiger partial charge is 0.387 e. The highest BCUT2D eigenvalue weighted by atomic mass is 19.3. The minimum Gasteiger partial charge on any atom is -0.457 e. The molecular formula is C14H13F2N5O2. The van der Waals surface area contributed by atoms with Gasteiger partial charge in [0.1, 0.15) is 18.1 Å². The van der Waals surface area contributed by atoms with E-state index in [1.165, 1.54) is 30.7 Å². The number of nitrogens with zero attached hydrogens (tertiary/aromatic N) is 3. The Hall–Kier alpha value is -3.10. The van der Waals surface area contributed by atoms with Crippen LogP contribution in [0.25, 0.3) is 0 Å². The van der Waals surface area contributed by atoms with Gasteiger partial charge in [0.2, 0.25) is 0 Å². The zero-order valence-corrected chi connectivity index (χ0v) is 11.8. The van der Waals surface area contributed by atoms with E-state index in [-0.39, 0.29) is 24.1 Å². The third-order valence-corrected chi connectivity index (χ3v) is 2.50. The van der Waals surface area contributed by atoms with E-state index in [1.54, 1.807) is 18.2 Å². The molecule has 0 fully saturated rings. The molecule has 0 saturated carbocycles. The topological polar surface area (TPSA) is 92.5 Å². The Bertz CT molecular complexity index is 667. The predicted molar refractivity (Wildman–Crippen MR) is 77.5 cm³/mol. The summed E-state index contributed by atoms with van der Waals surface area (Å²) in [6.45, 7) is -2.91. The molecular weight excluding hydrogens is 308 g/mol. The molecule has 0 atom stereocenters. The first-order valence-electron chi connectivity index (χ1n) is 6.45. The van der Waals surface area contributed by atoms with Crippen LogP contribution >= 0.6 is 0 Å². The molecule has 2 aromatic rings. The predicted octanol–water partition coefficient (Wildman–Crippen LogP) is 3.44. The Balaban J connectivity index is 1.95. The van der Waals surface area contributed by atoms with Crippen LogP contribution in [0.1, 0.15) is 0 Å². The molecule has 0 spiro atoms. The van der Waals surface area contributed by atoms with Gasteiger partial charge in [-0.15, -0.1) is 0 Å². The molecule has 2 rings (SSSR count). The third-order valence-electron chi connectivity index (χ3n) is 2.50. The van der Waals surface area contributed by atoms with Gasteiger partial charge in [-0.3, -0.25) is 0 Å². The minimum atomic E-state index is -2.89. The zero-order valence-electron chi connectivity index (χ0n) is 11.8. The summed E-state index contributed by atoms with van der Waals surface area (Å²) in [5.74, 6) is 0.0247. The lowest BCUT2D eigenvalue weighted by Gasteiger charge is -2.07. The summed E-state index contributed by atoms with van der Waals surface area (Å²) < 4.78 is 33.9. The molecule has 1 aromatic heterocycles. The number of rotatable bonds is 8. The molecule has 0 aliphatic heterocycles. The summed E-state index contributed by atoms with van der Waals surface area (Å²) >= 11 is 0. The van der Waals surface area contributed by atoms with E-state index in [0.29, 0.717) is 5.69 Å². The molecule has 1 heterocycles. The van der Waals surface area contributed by atoms with Crippen LogP contribution < -0.4 is 14.8 Å². The standard InChI is InChI=1S/C14H13F2N5O2/c15-13(16)23-12-4-1-3-10(7-12)20-8-11(21-17)9-22-14-18-5-2-6-19-14/h1-8,13,17,20H,9H2/b11-8-,21-17?. The van der Waals surface area contributed by atoms with Crippen molar-refractivity contribution in [2.45, 2.75) is 6.61 Å². The molecule has 1 aromatic carbocycles. The SMILES string of the molecule is N=N/C(=C\Nc1cccc(OC(F)F)c1)COc1ncccn1. The quantitative estimate of drug-likeness (QED) is 0.727. The lowest BCUT2D eigenvalue weighted by atomic mass is 10.3. The average Bonchev–Trinajstić information content (AvgIpc) is 2.56. The summed E-state index contributed by atoms with van der Waals surface area (Å²) in [6, 6.07) is 7.82. The molecule has 0 saturated heterocycles. The van der Waals surface area contributed by atoms with E-state index >= 15 is 0 Å². The molecule has 23 heavy (non-hydrogen) atoms. The number of nitrogens with one attached hydrogen (secondary N) is 2. The maximum atomic E-state index is 12.2. The fraction of sp³-hybridized carbons (Fsp3) is 0.143. The lowest BCUT2D eigenvalue weighted by Crippen LogP contribution is -2.04. The number of hydrogen-bond acceptors (Lipinski definition) is 7.